The smallest absolute Gasteiger partial charge is 0.335 e. The number of rotatable bonds is 13. The standard InChI is InChI=1S/C19H30O4/c1-2-3-4-5-6-7-8-9-10-13-23-18-14-16(19(21)22)11-12-17(18)15-20/h11-12,14,20H,2-10,13,15H2,1H3,(H,21,22). The fraction of sp³-hybridized carbons (Fsp3) is 0.632. The highest BCUT2D eigenvalue weighted by molar-refractivity contribution is 5.88. The van der Waals surface area contributed by atoms with Gasteiger partial charge in [0.2, 0.25) is 0 Å². The summed E-state index contributed by atoms with van der Waals surface area (Å²) in [5, 5.41) is 18.3. The van der Waals surface area contributed by atoms with Crippen molar-refractivity contribution in [3.63, 3.8) is 0 Å². The van der Waals surface area contributed by atoms with E-state index in [4.69, 9.17) is 9.84 Å². The normalized spacial score (nSPS) is 10.7. The van der Waals surface area contributed by atoms with E-state index in [1.165, 1.54) is 57.1 Å². The summed E-state index contributed by atoms with van der Waals surface area (Å²) in [6, 6.07) is 4.58. The van der Waals surface area contributed by atoms with Gasteiger partial charge in [0.25, 0.3) is 0 Å². The van der Waals surface area contributed by atoms with Gasteiger partial charge in [-0.05, 0) is 18.6 Å². The van der Waals surface area contributed by atoms with Crippen LogP contribution in [-0.2, 0) is 6.61 Å². The Labute approximate surface area is 139 Å². The van der Waals surface area contributed by atoms with Gasteiger partial charge in [-0.3, -0.25) is 0 Å². The fourth-order valence-electron chi connectivity index (χ4n) is 2.55. The molecule has 4 heteroatoms. The van der Waals surface area contributed by atoms with E-state index in [0.29, 0.717) is 17.9 Å². The molecule has 0 fully saturated rings. The molecule has 1 aromatic rings. The summed E-state index contributed by atoms with van der Waals surface area (Å²) in [7, 11) is 0. The lowest BCUT2D eigenvalue weighted by atomic mass is 10.1. The van der Waals surface area contributed by atoms with E-state index in [1.807, 2.05) is 0 Å². The van der Waals surface area contributed by atoms with Crippen LogP contribution < -0.4 is 4.74 Å². The molecule has 0 radical (unpaired) electrons. The van der Waals surface area contributed by atoms with Crippen molar-refractivity contribution in [2.24, 2.45) is 0 Å². The third-order valence-corrected chi connectivity index (χ3v) is 3.99. The van der Waals surface area contributed by atoms with Crippen molar-refractivity contribution in [2.45, 2.75) is 71.3 Å². The predicted molar refractivity (Wildman–Crippen MR) is 92.0 cm³/mol. The van der Waals surface area contributed by atoms with Crippen LogP contribution in [0.15, 0.2) is 18.2 Å². The van der Waals surface area contributed by atoms with E-state index >= 15 is 0 Å². The van der Waals surface area contributed by atoms with Crippen LogP contribution in [0.5, 0.6) is 5.75 Å². The van der Waals surface area contributed by atoms with Crippen molar-refractivity contribution in [3.8, 4) is 5.75 Å². The maximum absolute atomic E-state index is 11.0. The molecular weight excluding hydrogens is 292 g/mol. The second-order valence-electron chi connectivity index (χ2n) is 5.96. The Morgan fingerprint density at radius 3 is 2.17 bits per heavy atom. The number of aliphatic hydroxyl groups excluding tert-OH is 1. The highest BCUT2D eigenvalue weighted by atomic mass is 16.5. The van der Waals surface area contributed by atoms with Crippen molar-refractivity contribution in [3.05, 3.63) is 29.3 Å². The number of aromatic carboxylic acids is 1. The number of carboxylic acids is 1. The zero-order valence-corrected chi connectivity index (χ0v) is 14.2. The van der Waals surface area contributed by atoms with Crippen molar-refractivity contribution in [1.82, 2.24) is 0 Å². The highest BCUT2D eigenvalue weighted by Crippen LogP contribution is 2.21. The number of hydrogen-bond acceptors (Lipinski definition) is 3. The van der Waals surface area contributed by atoms with Crippen molar-refractivity contribution >= 4 is 5.97 Å². The number of aliphatic hydroxyl groups is 1. The van der Waals surface area contributed by atoms with Gasteiger partial charge in [-0.2, -0.15) is 0 Å². The van der Waals surface area contributed by atoms with Crippen LogP contribution in [0.25, 0.3) is 0 Å². The molecule has 0 heterocycles. The van der Waals surface area contributed by atoms with Crippen LogP contribution in [0, 0.1) is 0 Å². The second kappa shape index (κ2) is 11.9. The average Bonchev–Trinajstić information content (AvgIpc) is 2.56. The summed E-state index contributed by atoms with van der Waals surface area (Å²) in [6.45, 7) is 2.65. The second-order valence-corrected chi connectivity index (χ2v) is 5.96. The van der Waals surface area contributed by atoms with Gasteiger partial charge in [-0.25, -0.2) is 4.79 Å². The largest absolute Gasteiger partial charge is 0.493 e. The molecule has 0 saturated heterocycles. The molecule has 0 spiro atoms. The molecule has 0 aliphatic carbocycles. The van der Waals surface area contributed by atoms with E-state index in [2.05, 4.69) is 6.92 Å². The molecule has 1 aromatic carbocycles. The predicted octanol–water partition coefficient (Wildman–Crippen LogP) is 4.79. The van der Waals surface area contributed by atoms with E-state index < -0.39 is 5.97 Å². The van der Waals surface area contributed by atoms with Gasteiger partial charge in [0.15, 0.2) is 0 Å². The molecule has 0 amide bonds. The van der Waals surface area contributed by atoms with E-state index in [-0.39, 0.29) is 12.2 Å². The topological polar surface area (TPSA) is 66.8 Å². The minimum absolute atomic E-state index is 0.146. The van der Waals surface area contributed by atoms with Crippen LogP contribution in [0.4, 0.5) is 0 Å². The Kier molecular flexibility index (Phi) is 10.1. The van der Waals surface area contributed by atoms with Crippen LogP contribution >= 0.6 is 0 Å². The minimum atomic E-state index is -0.984. The molecule has 0 saturated carbocycles. The van der Waals surface area contributed by atoms with E-state index in [9.17, 15) is 9.90 Å². The maximum Gasteiger partial charge on any atom is 0.335 e. The van der Waals surface area contributed by atoms with Gasteiger partial charge < -0.3 is 14.9 Å². The van der Waals surface area contributed by atoms with E-state index in [1.54, 1.807) is 6.07 Å². The number of benzene rings is 1. The van der Waals surface area contributed by atoms with Gasteiger partial charge in [0, 0.05) is 5.56 Å². The number of unbranched alkanes of at least 4 members (excludes halogenated alkanes) is 8. The third-order valence-electron chi connectivity index (χ3n) is 3.99. The number of hydrogen-bond donors (Lipinski definition) is 2. The van der Waals surface area contributed by atoms with Crippen molar-refractivity contribution < 1.29 is 19.7 Å². The molecule has 0 atom stereocenters. The fourth-order valence-corrected chi connectivity index (χ4v) is 2.55. The Morgan fingerprint density at radius 2 is 1.61 bits per heavy atom. The first-order valence-corrected chi connectivity index (χ1v) is 8.79. The molecule has 130 valence electrons. The molecule has 0 aliphatic rings. The number of carboxylic acid groups (broad SMARTS) is 1. The Bertz CT molecular complexity index is 457. The summed E-state index contributed by atoms with van der Waals surface area (Å²) in [4.78, 5) is 11.0. The summed E-state index contributed by atoms with van der Waals surface area (Å²) >= 11 is 0. The van der Waals surface area contributed by atoms with Gasteiger partial charge >= 0.3 is 5.97 Å². The molecule has 4 nitrogen and oxygen atoms in total. The SMILES string of the molecule is CCCCCCCCCCCOc1cc(C(=O)O)ccc1CO. The van der Waals surface area contributed by atoms with Gasteiger partial charge in [0.05, 0.1) is 18.8 Å². The first-order chi connectivity index (χ1) is 11.2. The zero-order chi connectivity index (χ0) is 16.9. The number of carbonyl (C=O) groups is 1. The molecule has 23 heavy (non-hydrogen) atoms. The van der Waals surface area contributed by atoms with Gasteiger partial charge in [-0.1, -0.05) is 64.4 Å². The van der Waals surface area contributed by atoms with Crippen LogP contribution in [0.1, 0.15) is 80.6 Å². The maximum atomic E-state index is 11.0. The van der Waals surface area contributed by atoms with Crippen molar-refractivity contribution in [2.75, 3.05) is 6.61 Å². The van der Waals surface area contributed by atoms with Gasteiger partial charge in [-0.15, -0.1) is 0 Å². The Morgan fingerprint density at radius 1 is 1.00 bits per heavy atom. The molecule has 0 bridgehead atoms. The molecular formula is C19H30O4. The third kappa shape index (κ3) is 8.03. The van der Waals surface area contributed by atoms with Crippen molar-refractivity contribution in [1.29, 1.82) is 0 Å². The van der Waals surface area contributed by atoms with Crippen LogP contribution in [0.2, 0.25) is 0 Å². The molecule has 0 aliphatic heterocycles. The van der Waals surface area contributed by atoms with Crippen LogP contribution in [0.3, 0.4) is 0 Å². The lowest BCUT2D eigenvalue weighted by Gasteiger charge is -2.11. The summed E-state index contributed by atoms with van der Waals surface area (Å²) < 4.78 is 5.66. The molecule has 2 N–H and O–H groups in total. The number of ether oxygens (including phenoxy) is 1. The summed E-state index contributed by atoms with van der Waals surface area (Å²) in [5.41, 5.74) is 0.815. The zero-order valence-electron chi connectivity index (χ0n) is 14.2. The van der Waals surface area contributed by atoms with E-state index in [0.717, 1.165) is 12.8 Å². The molecule has 0 aromatic heterocycles. The lowest BCUT2D eigenvalue weighted by molar-refractivity contribution is 0.0696. The Balaban J connectivity index is 2.20. The van der Waals surface area contributed by atoms with Crippen LogP contribution in [-0.4, -0.2) is 22.8 Å². The highest BCUT2D eigenvalue weighted by Gasteiger charge is 2.09. The average molecular weight is 322 g/mol. The lowest BCUT2D eigenvalue weighted by Crippen LogP contribution is -2.03. The summed E-state index contributed by atoms with van der Waals surface area (Å²) in [5.74, 6) is -0.505. The minimum Gasteiger partial charge on any atom is -0.493 e. The first kappa shape index (κ1) is 19.5. The quantitative estimate of drug-likeness (QED) is 0.513. The summed E-state index contributed by atoms with van der Waals surface area (Å²) in [6.07, 6.45) is 11.2. The molecule has 1 rings (SSSR count). The Hall–Kier alpha value is -1.55. The monoisotopic (exact) mass is 322 g/mol. The first-order valence-electron chi connectivity index (χ1n) is 8.79. The van der Waals surface area contributed by atoms with Gasteiger partial charge in [0.1, 0.15) is 5.75 Å². The molecule has 0 unspecified atom stereocenters.